The van der Waals surface area contributed by atoms with Crippen LogP contribution in [0.3, 0.4) is 0 Å². The zero-order chi connectivity index (χ0) is 16.4. The summed E-state index contributed by atoms with van der Waals surface area (Å²) in [5.74, 6) is 0.359. The van der Waals surface area contributed by atoms with Crippen molar-refractivity contribution in [3.63, 3.8) is 0 Å². The van der Waals surface area contributed by atoms with Crippen LogP contribution in [-0.2, 0) is 0 Å². The van der Waals surface area contributed by atoms with E-state index in [0.29, 0.717) is 5.69 Å². The summed E-state index contributed by atoms with van der Waals surface area (Å²) >= 11 is 0. The molecular weight excluding hydrogens is 286 g/mol. The average Bonchev–Trinajstić information content (AvgIpc) is 2.98. The second-order valence-corrected chi connectivity index (χ2v) is 5.83. The molecule has 0 aliphatic carbocycles. The van der Waals surface area contributed by atoms with Crippen molar-refractivity contribution in [3.8, 4) is 11.4 Å². The lowest BCUT2D eigenvalue weighted by atomic mass is 9.92. The fourth-order valence-corrected chi connectivity index (χ4v) is 2.90. The largest absolute Gasteiger partial charge is 0.505 e. The first kappa shape index (κ1) is 15.3. The third-order valence-corrected chi connectivity index (χ3v) is 4.05. The van der Waals surface area contributed by atoms with Gasteiger partial charge in [-0.15, -0.1) is 21.6 Å². The van der Waals surface area contributed by atoms with Crippen LogP contribution in [0.15, 0.2) is 49.1 Å². The fraction of sp³-hybridized carbons (Fsp3) is 0.263. The van der Waals surface area contributed by atoms with Crippen molar-refractivity contribution in [2.45, 2.75) is 32.6 Å². The summed E-state index contributed by atoms with van der Waals surface area (Å²) in [6, 6.07) is 11.6. The first-order valence-electron chi connectivity index (χ1n) is 7.92. The summed E-state index contributed by atoms with van der Waals surface area (Å²) in [7, 11) is 0. The summed E-state index contributed by atoms with van der Waals surface area (Å²) < 4.78 is 0. The Morgan fingerprint density at radius 3 is 2.43 bits per heavy atom. The number of hydrogen-bond donors (Lipinski definition) is 1. The molecule has 0 radical (unpaired) electrons. The molecule has 4 nitrogen and oxygen atoms in total. The second kappa shape index (κ2) is 6.24. The number of phenols is 1. The maximum absolute atomic E-state index is 10.8. The zero-order valence-corrected chi connectivity index (χ0v) is 13.5. The van der Waals surface area contributed by atoms with Gasteiger partial charge in [-0.05, 0) is 37.1 Å². The molecule has 0 amide bonds. The third-order valence-electron chi connectivity index (χ3n) is 4.05. The van der Waals surface area contributed by atoms with Gasteiger partial charge in [0, 0.05) is 11.5 Å². The van der Waals surface area contributed by atoms with Gasteiger partial charge in [0.25, 0.3) is 0 Å². The number of nitrogens with zero attached hydrogens (tertiary/aromatic N) is 3. The van der Waals surface area contributed by atoms with E-state index in [1.54, 1.807) is 0 Å². The van der Waals surface area contributed by atoms with Crippen LogP contribution in [0.2, 0.25) is 0 Å². The standard InChI is InChI=1S/C19H21N3O/c1-4-8-14(5-2)15-11-13(3)12-18(19(15)23)22-20-16-9-6-7-10-17(16)21-22/h5-7,9-12,14,23H,2,4,8H2,1,3H3. The Balaban J connectivity index is 2.15. The van der Waals surface area contributed by atoms with E-state index in [1.807, 2.05) is 49.4 Å². The van der Waals surface area contributed by atoms with Gasteiger partial charge in [0.15, 0.2) is 0 Å². The lowest BCUT2D eigenvalue weighted by Gasteiger charge is -2.16. The molecule has 118 valence electrons. The van der Waals surface area contributed by atoms with Crippen molar-refractivity contribution in [1.82, 2.24) is 15.0 Å². The predicted molar refractivity (Wildman–Crippen MR) is 93.1 cm³/mol. The Morgan fingerprint density at radius 1 is 1.22 bits per heavy atom. The van der Waals surface area contributed by atoms with E-state index >= 15 is 0 Å². The van der Waals surface area contributed by atoms with E-state index < -0.39 is 0 Å². The van der Waals surface area contributed by atoms with Gasteiger partial charge in [0.1, 0.15) is 22.5 Å². The minimum atomic E-state index is 0.128. The molecule has 1 atom stereocenters. The summed E-state index contributed by atoms with van der Waals surface area (Å²) in [6.45, 7) is 8.06. The Morgan fingerprint density at radius 2 is 1.87 bits per heavy atom. The van der Waals surface area contributed by atoms with Crippen molar-refractivity contribution in [2.24, 2.45) is 0 Å². The highest BCUT2D eigenvalue weighted by molar-refractivity contribution is 5.73. The van der Waals surface area contributed by atoms with Crippen molar-refractivity contribution in [2.75, 3.05) is 0 Å². The highest BCUT2D eigenvalue weighted by Gasteiger charge is 2.18. The van der Waals surface area contributed by atoms with Gasteiger partial charge in [-0.25, -0.2) is 0 Å². The molecule has 2 aromatic carbocycles. The SMILES string of the molecule is C=CC(CCC)c1cc(C)cc(-n2nc3ccccc3n2)c1O. The average molecular weight is 307 g/mol. The maximum atomic E-state index is 10.8. The van der Waals surface area contributed by atoms with E-state index in [2.05, 4.69) is 23.7 Å². The van der Waals surface area contributed by atoms with Crippen LogP contribution in [-0.4, -0.2) is 20.1 Å². The van der Waals surface area contributed by atoms with Gasteiger partial charge in [0.05, 0.1) is 0 Å². The number of aromatic nitrogens is 3. The molecule has 1 heterocycles. The molecular formula is C19H21N3O. The molecule has 3 rings (SSSR count). The molecule has 0 saturated carbocycles. The van der Waals surface area contributed by atoms with Crippen LogP contribution in [0, 0.1) is 6.92 Å². The Hall–Kier alpha value is -2.62. The molecule has 0 bridgehead atoms. The van der Waals surface area contributed by atoms with Gasteiger partial charge in [-0.1, -0.05) is 37.6 Å². The minimum absolute atomic E-state index is 0.128. The Labute approximate surface area is 136 Å². The second-order valence-electron chi connectivity index (χ2n) is 5.83. The van der Waals surface area contributed by atoms with Crippen molar-refractivity contribution >= 4 is 11.0 Å². The fourth-order valence-electron chi connectivity index (χ4n) is 2.90. The van der Waals surface area contributed by atoms with E-state index in [9.17, 15) is 5.11 Å². The predicted octanol–water partition coefficient (Wildman–Crippen LogP) is 4.50. The summed E-state index contributed by atoms with van der Waals surface area (Å²) in [5.41, 5.74) is 4.18. The van der Waals surface area contributed by atoms with Crippen LogP contribution in [0.5, 0.6) is 5.75 Å². The molecule has 1 unspecified atom stereocenters. The Bertz CT molecular complexity index is 818. The molecule has 4 heteroatoms. The van der Waals surface area contributed by atoms with Gasteiger partial charge in [-0.2, -0.15) is 0 Å². The number of fused-ring (bicyclic) bond motifs is 1. The molecule has 23 heavy (non-hydrogen) atoms. The minimum Gasteiger partial charge on any atom is -0.505 e. The molecule has 3 aromatic rings. The molecule has 1 N–H and O–H groups in total. The quantitative estimate of drug-likeness (QED) is 0.706. The molecule has 0 saturated heterocycles. The first-order chi connectivity index (χ1) is 11.1. The number of rotatable bonds is 5. The lowest BCUT2D eigenvalue weighted by Crippen LogP contribution is -2.04. The number of phenolic OH excluding ortho intramolecular Hbond substituents is 1. The Kier molecular flexibility index (Phi) is 4.15. The first-order valence-corrected chi connectivity index (χ1v) is 7.92. The highest BCUT2D eigenvalue weighted by atomic mass is 16.3. The highest BCUT2D eigenvalue weighted by Crippen LogP contribution is 2.35. The van der Waals surface area contributed by atoms with Crippen molar-refractivity contribution < 1.29 is 5.11 Å². The number of allylic oxidation sites excluding steroid dienone is 1. The number of aromatic hydroxyl groups is 1. The number of aryl methyl sites for hydroxylation is 1. The maximum Gasteiger partial charge on any atom is 0.146 e. The third kappa shape index (κ3) is 2.84. The summed E-state index contributed by atoms with van der Waals surface area (Å²) in [4.78, 5) is 1.52. The molecule has 0 aliphatic rings. The topological polar surface area (TPSA) is 50.9 Å². The molecule has 0 fully saturated rings. The van der Waals surface area contributed by atoms with E-state index in [0.717, 1.165) is 35.0 Å². The lowest BCUT2D eigenvalue weighted by molar-refractivity contribution is 0.456. The van der Waals surface area contributed by atoms with Crippen LogP contribution in [0.4, 0.5) is 0 Å². The van der Waals surface area contributed by atoms with Gasteiger partial charge < -0.3 is 5.11 Å². The van der Waals surface area contributed by atoms with Crippen LogP contribution in [0.1, 0.15) is 36.8 Å². The smallest absolute Gasteiger partial charge is 0.146 e. The van der Waals surface area contributed by atoms with E-state index in [1.165, 1.54) is 4.80 Å². The van der Waals surface area contributed by atoms with E-state index in [-0.39, 0.29) is 11.7 Å². The van der Waals surface area contributed by atoms with Gasteiger partial charge in [0.2, 0.25) is 0 Å². The molecule has 0 aliphatic heterocycles. The molecule has 0 spiro atoms. The van der Waals surface area contributed by atoms with Gasteiger partial charge in [-0.3, -0.25) is 0 Å². The van der Waals surface area contributed by atoms with Crippen LogP contribution >= 0.6 is 0 Å². The monoisotopic (exact) mass is 307 g/mol. The normalized spacial score (nSPS) is 12.4. The summed E-state index contributed by atoms with van der Waals surface area (Å²) in [6.07, 6.45) is 3.88. The van der Waals surface area contributed by atoms with Crippen LogP contribution in [0.25, 0.3) is 16.7 Å². The van der Waals surface area contributed by atoms with Crippen LogP contribution < -0.4 is 0 Å². The zero-order valence-electron chi connectivity index (χ0n) is 13.5. The van der Waals surface area contributed by atoms with Crippen molar-refractivity contribution in [1.29, 1.82) is 0 Å². The molecule has 1 aromatic heterocycles. The van der Waals surface area contributed by atoms with Crippen molar-refractivity contribution in [3.05, 3.63) is 60.2 Å². The van der Waals surface area contributed by atoms with Gasteiger partial charge >= 0.3 is 0 Å². The number of hydrogen-bond acceptors (Lipinski definition) is 3. The number of benzene rings is 2. The summed E-state index contributed by atoms with van der Waals surface area (Å²) in [5, 5.41) is 19.7. The van der Waals surface area contributed by atoms with E-state index in [4.69, 9.17) is 0 Å².